The van der Waals surface area contributed by atoms with Crippen LogP contribution in [0.2, 0.25) is 0 Å². The normalized spacial score (nSPS) is 31.9. The number of hydrogen-bond acceptors (Lipinski definition) is 4. The van der Waals surface area contributed by atoms with E-state index in [1.807, 2.05) is 9.80 Å². The molecule has 0 spiro atoms. The third-order valence-corrected chi connectivity index (χ3v) is 7.19. The molecule has 0 aromatic heterocycles. The molecule has 0 saturated carbocycles. The number of carbonyl (C=O) groups excluding carboxylic acids is 3. The molecule has 0 radical (unpaired) electrons. The largest absolute Gasteiger partial charge is 0.352 e. The van der Waals surface area contributed by atoms with E-state index >= 15 is 0 Å². The fourth-order valence-corrected chi connectivity index (χ4v) is 5.51. The van der Waals surface area contributed by atoms with Crippen molar-refractivity contribution in [2.45, 2.75) is 63.8 Å². The molecule has 4 heterocycles. The summed E-state index contributed by atoms with van der Waals surface area (Å²) in [6.45, 7) is 5.16. The van der Waals surface area contributed by atoms with Gasteiger partial charge in [0.25, 0.3) is 0 Å². The van der Waals surface area contributed by atoms with Crippen LogP contribution in [0.25, 0.3) is 0 Å². The molecule has 0 bridgehead atoms. The van der Waals surface area contributed by atoms with Gasteiger partial charge in [0.2, 0.25) is 17.7 Å². The molecule has 7 heteroatoms. The average Bonchev–Trinajstić information content (AvgIpc) is 3.12. The number of likely N-dealkylation sites (tertiary alicyclic amines) is 3. The quantitative estimate of drug-likeness (QED) is 0.780. The molecule has 28 heavy (non-hydrogen) atoms. The van der Waals surface area contributed by atoms with Crippen molar-refractivity contribution in [3.05, 3.63) is 0 Å². The lowest BCUT2D eigenvalue weighted by atomic mass is 9.69. The molecule has 4 aliphatic rings. The Morgan fingerprint density at radius 3 is 2.32 bits per heavy atom. The van der Waals surface area contributed by atoms with Crippen LogP contribution in [0.5, 0.6) is 0 Å². The Balaban J connectivity index is 1.48. The van der Waals surface area contributed by atoms with Gasteiger partial charge in [-0.1, -0.05) is 12.8 Å². The monoisotopic (exact) mass is 390 g/mol. The number of rotatable bonds is 3. The Bertz CT molecular complexity index is 611. The second kappa shape index (κ2) is 8.39. The minimum absolute atomic E-state index is 0.0409. The van der Waals surface area contributed by atoms with Crippen LogP contribution in [0.3, 0.4) is 0 Å². The van der Waals surface area contributed by atoms with Gasteiger partial charge in [0.1, 0.15) is 0 Å². The van der Waals surface area contributed by atoms with E-state index in [2.05, 4.69) is 10.2 Å². The summed E-state index contributed by atoms with van der Waals surface area (Å²) in [5.74, 6) is 0.340. The van der Waals surface area contributed by atoms with Gasteiger partial charge >= 0.3 is 0 Å². The molecule has 7 nitrogen and oxygen atoms in total. The number of nitrogens with zero attached hydrogens (tertiary/aromatic N) is 3. The van der Waals surface area contributed by atoms with Crippen molar-refractivity contribution in [2.75, 3.05) is 45.8 Å². The summed E-state index contributed by atoms with van der Waals surface area (Å²) in [6.07, 6.45) is 8.56. The van der Waals surface area contributed by atoms with Crippen molar-refractivity contribution in [3.8, 4) is 0 Å². The van der Waals surface area contributed by atoms with Crippen LogP contribution in [0.1, 0.15) is 57.8 Å². The molecular formula is C21H34N4O3. The zero-order valence-electron chi connectivity index (χ0n) is 17.0. The van der Waals surface area contributed by atoms with E-state index in [1.54, 1.807) is 0 Å². The van der Waals surface area contributed by atoms with E-state index in [0.717, 1.165) is 39.0 Å². The minimum Gasteiger partial charge on any atom is -0.352 e. The fourth-order valence-electron chi connectivity index (χ4n) is 5.51. The predicted molar refractivity (Wildman–Crippen MR) is 106 cm³/mol. The number of nitrogens with one attached hydrogen (secondary N) is 1. The molecule has 1 N–H and O–H groups in total. The lowest BCUT2D eigenvalue weighted by Gasteiger charge is -2.50. The lowest BCUT2D eigenvalue weighted by molar-refractivity contribution is -0.155. The van der Waals surface area contributed by atoms with Gasteiger partial charge in [0, 0.05) is 38.6 Å². The maximum atomic E-state index is 13.5. The summed E-state index contributed by atoms with van der Waals surface area (Å²) in [5.41, 5.74) is -0.634. The minimum atomic E-state index is -0.634. The Morgan fingerprint density at radius 1 is 0.929 bits per heavy atom. The SMILES string of the molecule is O=C1CC[C@]2(C(=O)N3CCCC3)CN(C(=O)CN3CCCCCC3)CC[C@H]2N1. The molecule has 156 valence electrons. The van der Waals surface area contributed by atoms with Crippen molar-refractivity contribution < 1.29 is 14.4 Å². The first-order valence-electron chi connectivity index (χ1n) is 11.2. The summed E-state index contributed by atoms with van der Waals surface area (Å²) >= 11 is 0. The number of fused-ring (bicyclic) bond motifs is 1. The first-order chi connectivity index (χ1) is 13.6. The first kappa shape index (κ1) is 19.7. The van der Waals surface area contributed by atoms with Crippen LogP contribution in [0, 0.1) is 5.41 Å². The fraction of sp³-hybridized carbons (Fsp3) is 0.857. The highest BCUT2D eigenvalue weighted by Gasteiger charge is 2.54. The van der Waals surface area contributed by atoms with Gasteiger partial charge < -0.3 is 15.1 Å². The Hall–Kier alpha value is -1.63. The van der Waals surface area contributed by atoms with E-state index in [-0.39, 0.29) is 23.8 Å². The van der Waals surface area contributed by atoms with Crippen LogP contribution in [0.4, 0.5) is 0 Å². The average molecular weight is 391 g/mol. The molecular weight excluding hydrogens is 356 g/mol. The summed E-state index contributed by atoms with van der Waals surface area (Å²) in [7, 11) is 0. The lowest BCUT2D eigenvalue weighted by Crippen LogP contribution is -2.67. The Kier molecular flexibility index (Phi) is 5.90. The summed E-state index contributed by atoms with van der Waals surface area (Å²) in [6, 6.07) is -0.135. The van der Waals surface area contributed by atoms with Crippen molar-refractivity contribution in [2.24, 2.45) is 5.41 Å². The van der Waals surface area contributed by atoms with Gasteiger partial charge in [-0.3, -0.25) is 19.3 Å². The van der Waals surface area contributed by atoms with Crippen molar-refractivity contribution in [1.29, 1.82) is 0 Å². The molecule has 4 aliphatic heterocycles. The van der Waals surface area contributed by atoms with Gasteiger partial charge in [-0.2, -0.15) is 0 Å². The highest BCUT2D eigenvalue weighted by atomic mass is 16.2. The summed E-state index contributed by atoms with van der Waals surface area (Å²) in [5, 5.41) is 3.08. The molecule has 0 aliphatic carbocycles. The van der Waals surface area contributed by atoms with Crippen LogP contribution in [-0.2, 0) is 14.4 Å². The maximum Gasteiger partial charge on any atom is 0.236 e. The van der Waals surface area contributed by atoms with Gasteiger partial charge in [0.05, 0.1) is 12.0 Å². The molecule has 0 aromatic carbocycles. The summed E-state index contributed by atoms with van der Waals surface area (Å²) < 4.78 is 0. The maximum absolute atomic E-state index is 13.5. The van der Waals surface area contributed by atoms with E-state index in [0.29, 0.717) is 38.9 Å². The highest BCUT2D eigenvalue weighted by Crippen LogP contribution is 2.40. The standard InChI is InChI=1S/C21H34N4O3/c26-18-7-9-21(20(28)24-12-5-6-13-24)16-25(14-8-17(21)22-18)19(27)15-23-10-3-1-2-4-11-23/h17H,1-16H2,(H,22,26)/t17-,21+/m1/s1. The van der Waals surface area contributed by atoms with Gasteiger partial charge in [0.15, 0.2) is 0 Å². The van der Waals surface area contributed by atoms with Crippen LogP contribution in [-0.4, -0.2) is 84.3 Å². The van der Waals surface area contributed by atoms with Gasteiger partial charge in [-0.15, -0.1) is 0 Å². The van der Waals surface area contributed by atoms with E-state index in [4.69, 9.17) is 0 Å². The number of amides is 3. The molecule has 0 unspecified atom stereocenters. The third kappa shape index (κ3) is 3.91. The first-order valence-corrected chi connectivity index (χ1v) is 11.2. The number of piperidine rings is 2. The van der Waals surface area contributed by atoms with E-state index < -0.39 is 5.41 Å². The van der Waals surface area contributed by atoms with Gasteiger partial charge in [-0.25, -0.2) is 0 Å². The molecule has 0 aromatic rings. The zero-order chi connectivity index (χ0) is 19.6. The Morgan fingerprint density at radius 2 is 1.61 bits per heavy atom. The van der Waals surface area contributed by atoms with Crippen LogP contribution in [0.15, 0.2) is 0 Å². The molecule has 4 fully saturated rings. The molecule has 4 rings (SSSR count). The van der Waals surface area contributed by atoms with E-state index in [9.17, 15) is 14.4 Å². The second-order valence-electron chi connectivity index (χ2n) is 9.07. The third-order valence-electron chi connectivity index (χ3n) is 7.19. The molecule has 2 atom stereocenters. The second-order valence-corrected chi connectivity index (χ2v) is 9.07. The molecule has 4 saturated heterocycles. The van der Waals surface area contributed by atoms with Crippen molar-refractivity contribution in [3.63, 3.8) is 0 Å². The topological polar surface area (TPSA) is 73.0 Å². The smallest absolute Gasteiger partial charge is 0.236 e. The van der Waals surface area contributed by atoms with Crippen molar-refractivity contribution in [1.82, 2.24) is 20.0 Å². The van der Waals surface area contributed by atoms with Gasteiger partial charge in [-0.05, 0) is 51.6 Å². The van der Waals surface area contributed by atoms with E-state index in [1.165, 1.54) is 25.7 Å². The van der Waals surface area contributed by atoms with Crippen LogP contribution >= 0.6 is 0 Å². The molecule has 3 amide bonds. The van der Waals surface area contributed by atoms with Crippen molar-refractivity contribution >= 4 is 17.7 Å². The highest BCUT2D eigenvalue weighted by molar-refractivity contribution is 5.89. The predicted octanol–water partition coefficient (Wildman–Crippen LogP) is 0.982. The number of hydrogen-bond donors (Lipinski definition) is 1. The summed E-state index contributed by atoms with van der Waals surface area (Å²) in [4.78, 5) is 44.7. The zero-order valence-corrected chi connectivity index (χ0v) is 17.0. The van der Waals surface area contributed by atoms with Crippen LogP contribution < -0.4 is 5.32 Å². The Labute approximate surface area is 167 Å². The number of carbonyl (C=O) groups is 3.